The molecule has 19 heavy (non-hydrogen) atoms. The van der Waals surface area contributed by atoms with Gasteiger partial charge in [0.05, 0.1) is 11.3 Å². The molecule has 0 saturated heterocycles. The molecule has 1 amide bonds. The second-order valence-electron chi connectivity index (χ2n) is 5.64. The van der Waals surface area contributed by atoms with Crippen molar-refractivity contribution in [1.82, 2.24) is 4.98 Å². The molecule has 0 radical (unpaired) electrons. The Labute approximate surface area is 114 Å². The van der Waals surface area contributed by atoms with Crippen LogP contribution in [0, 0.1) is 11.8 Å². The van der Waals surface area contributed by atoms with Crippen LogP contribution in [0.15, 0.2) is 18.5 Å². The number of carbonyl (C=O) groups excluding carboxylic acids is 1. The maximum Gasteiger partial charge on any atom is 0.252 e. The summed E-state index contributed by atoms with van der Waals surface area (Å²) < 4.78 is 0. The van der Waals surface area contributed by atoms with E-state index in [2.05, 4.69) is 17.2 Å². The number of amides is 1. The van der Waals surface area contributed by atoms with Gasteiger partial charge in [-0.1, -0.05) is 26.2 Å². The third-order valence-corrected chi connectivity index (χ3v) is 4.00. The monoisotopic (exact) mass is 261 g/mol. The van der Waals surface area contributed by atoms with Crippen molar-refractivity contribution in [2.75, 3.05) is 11.9 Å². The Morgan fingerprint density at radius 2 is 2.37 bits per heavy atom. The number of hydrogen-bond donors (Lipinski definition) is 2. The highest BCUT2D eigenvalue weighted by molar-refractivity contribution is 5.98. The van der Waals surface area contributed by atoms with Crippen molar-refractivity contribution < 1.29 is 4.79 Å². The summed E-state index contributed by atoms with van der Waals surface area (Å²) in [5.74, 6) is 1.25. The second-order valence-corrected chi connectivity index (χ2v) is 5.64. The minimum absolute atomic E-state index is 0.429. The largest absolute Gasteiger partial charge is 0.384 e. The molecule has 3 N–H and O–H groups in total. The summed E-state index contributed by atoms with van der Waals surface area (Å²) in [6, 6.07) is 1.81. The summed E-state index contributed by atoms with van der Waals surface area (Å²) in [5, 5.41) is 3.32. The van der Waals surface area contributed by atoms with Crippen LogP contribution in [-0.4, -0.2) is 17.4 Å². The summed E-state index contributed by atoms with van der Waals surface area (Å²) in [5.41, 5.74) is 6.60. The van der Waals surface area contributed by atoms with Crippen molar-refractivity contribution in [2.24, 2.45) is 17.6 Å². The van der Waals surface area contributed by atoms with E-state index >= 15 is 0 Å². The van der Waals surface area contributed by atoms with Gasteiger partial charge in [-0.25, -0.2) is 0 Å². The smallest absolute Gasteiger partial charge is 0.252 e. The normalized spacial score (nSPS) is 23.0. The molecule has 1 aromatic rings. The fraction of sp³-hybridized carbons (Fsp3) is 0.600. The van der Waals surface area contributed by atoms with Crippen LogP contribution in [-0.2, 0) is 0 Å². The quantitative estimate of drug-likeness (QED) is 0.856. The van der Waals surface area contributed by atoms with Crippen LogP contribution in [0.3, 0.4) is 0 Å². The fourth-order valence-corrected chi connectivity index (χ4v) is 2.98. The molecule has 1 aliphatic rings. The van der Waals surface area contributed by atoms with Gasteiger partial charge >= 0.3 is 0 Å². The van der Waals surface area contributed by atoms with E-state index in [0.717, 1.165) is 30.5 Å². The van der Waals surface area contributed by atoms with Gasteiger partial charge < -0.3 is 11.1 Å². The minimum Gasteiger partial charge on any atom is -0.384 e. The molecule has 1 saturated carbocycles. The zero-order chi connectivity index (χ0) is 13.7. The molecule has 0 aromatic carbocycles. The molecule has 4 heteroatoms. The lowest BCUT2D eigenvalue weighted by Crippen LogP contribution is -2.18. The van der Waals surface area contributed by atoms with Crippen LogP contribution in [0.5, 0.6) is 0 Å². The van der Waals surface area contributed by atoms with Gasteiger partial charge in [-0.2, -0.15) is 0 Å². The number of hydrogen-bond acceptors (Lipinski definition) is 3. The minimum atomic E-state index is -0.429. The SMILES string of the molecule is CC1CCCC(CCNc2ccncc2C(N)=O)C1. The Morgan fingerprint density at radius 3 is 3.11 bits per heavy atom. The molecular formula is C15H23N3O. The van der Waals surface area contributed by atoms with Gasteiger partial charge in [0.25, 0.3) is 5.91 Å². The van der Waals surface area contributed by atoms with Gasteiger partial charge in [0.15, 0.2) is 0 Å². The highest BCUT2D eigenvalue weighted by Gasteiger charge is 2.18. The summed E-state index contributed by atoms with van der Waals surface area (Å²) >= 11 is 0. The number of anilines is 1. The molecule has 0 aliphatic heterocycles. The third kappa shape index (κ3) is 3.94. The lowest BCUT2D eigenvalue weighted by molar-refractivity contribution is 0.100. The predicted octanol–water partition coefficient (Wildman–Crippen LogP) is 2.81. The molecule has 0 bridgehead atoms. The number of nitrogens with one attached hydrogen (secondary N) is 1. The van der Waals surface area contributed by atoms with Gasteiger partial charge in [-0.05, 0) is 30.7 Å². The number of primary amides is 1. The van der Waals surface area contributed by atoms with E-state index in [1.54, 1.807) is 6.20 Å². The molecule has 104 valence electrons. The van der Waals surface area contributed by atoms with Crippen molar-refractivity contribution in [3.8, 4) is 0 Å². The van der Waals surface area contributed by atoms with Crippen molar-refractivity contribution in [1.29, 1.82) is 0 Å². The fourth-order valence-electron chi connectivity index (χ4n) is 2.98. The molecule has 2 unspecified atom stereocenters. The van der Waals surface area contributed by atoms with Gasteiger partial charge in [0.1, 0.15) is 0 Å². The number of aromatic nitrogens is 1. The first-order valence-corrected chi connectivity index (χ1v) is 7.14. The Hall–Kier alpha value is -1.58. The first-order valence-electron chi connectivity index (χ1n) is 7.14. The van der Waals surface area contributed by atoms with Crippen LogP contribution in [0.25, 0.3) is 0 Å². The maximum atomic E-state index is 11.3. The average molecular weight is 261 g/mol. The van der Waals surface area contributed by atoms with Gasteiger partial charge in [0.2, 0.25) is 0 Å². The first kappa shape index (κ1) is 13.8. The van der Waals surface area contributed by atoms with Gasteiger partial charge in [-0.3, -0.25) is 9.78 Å². The molecule has 0 spiro atoms. The standard InChI is InChI=1S/C15H23N3O/c1-11-3-2-4-12(9-11)5-8-18-14-6-7-17-10-13(14)15(16)19/h6-7,10-12H,2-5,8-9H2,1H3,(H2,16,19)(H,17,18). The zero-order valence-corrected chi connectivity index (χ0v) is 11.6. The highest BCUT2D eigenvalue weighted by Crippen LogP contribution is 2.30. The lowest BCUT2D eigenvalue weighted by atomic mass is 9.81. The predicted molar refractivity (Wildman–Crippen MR) is 77.0 cm³/mol. The third-order valence-electron chi connectivity index (χ3n) is 4.00. The summed E-state index contributed by atoms with van der Waals surface area (Å²) in [4.78, 5) is 15.2. The Morgan fingerprint density at radius 1 is 1.53 bits per heavy atom. The number of nitrogens with two attached hydrogens (primary N) is 1. The van der Waals surface area contributed by atoms with Crippen LogP contribution in [0.2, 0.25) is 0 Å². The van der Waals surface area contributed by atoms with Crippen molar-refractivity contribution >= 4 is 11.6 Å². The number of nitrogens with zero attached hydrogens (tertiary/aromatic N) is 1. The van der Waals surface area contributed by atoms with E-state index in [1.807, 2.05) is 6.07 Å². The van der Waals surface area contributed by atoms with Crippen molar-refractivity contribution in [3.05, 3.63) is 24.0 Å². The second kappa shape index (κ2) is 6.55. The lowest BCUT2D eigenvalue weighted by Gasteiger charge is -2.26. The topological polar surface area (TPSA) is 68.0 Å². The van der Waals surface area contributed by atoms with Crippen molar-refractivity contribution in [3.63, 3.8) is 0 Å². The van der Waals surface area contributed by atoms with E-state index in [9.17, 15) is 4.79 Å². The molecule has 2 atom stereocenters. The summed E-state index contributed by atoms with van der Waals surface area (Å²) in [7, 11) is 0. The first-order chi connectivity index (χ1) is 9.16. The molecular weight excluding hydrogens is 238 g/mol. The van der Waals surface area contributed by atoms with Crippen LogP contribution in [0.4, 0.5) is 5.69 Å². The van der Waals surface area contributed by atoms with E-state index < -0.39 is 5.91 Å². The molecule has 1 heterocycles. The summed E-state index contributed by atoms with van der Waals surface area (Å²) in [6.45, 7) is 3.23. The molecule has 1 aliphatic carbocycles. The Kier molecular flexibility index (Phi) is 4.77. The van der Waals surface area contributed by atoms with Crippen LogP contribution in [0.1, 0.15) is 49.4 Å². The Bertz CT molecular complexity index is 433. The van der Waals surface area contributed by atoms with E-state index in [1.165, 1.54) is 31.9 Å². The van der Waals surface area contributed by atoms with Crippen molar-refractivity contribution in [2.45, 2.75) is 39.0 Å². The van der Waals surface area contributed by atoms with E-state index in [0.29, 0.717) is 5.56 Å². The molecule has 1 fully saturated rings. The maximum absolute atomic E-state index is 11.3. The highest BCUT2D eigenvalue weighted by atomic mass is 16.1. The van der Waals surface area contributed by atoms with Gasteiger partial charge in [-0.15, -0.1) is 0 Å². The molecule has 1 aromatic heterocycles. The number of carbonyl (C=O) groups is 1. The van der Waals surface area contributed by atoms with Crippen LogP contribution < -0.4 is 11.1 Å². The number of pyridine rings is 1. The van der Waals surface area contributed by atoms with Gasteiger partial charge in [0, 0.05) is 18.9 Å². The number of rotatable bonds is 5. The van der Waals surface area contributed by atoms with E-state index in [-0.39, 0.29) is 0 Å². The zero-order valence-electron chi connectivity index (χ0n) is 11.6. The molecule has 2 rings (SSSR count). The van der Waals surface area contributed by atoms with E-state index in [4.69, 9.17) is 5.73 Å². The molecule has 4 nitrogen and oxygen atoms in total. The Balaban J connectivity index is 1.84. The average Bonchev–Trinajstić information content (AvgIpc) is 2.39. The van der Waals surface area contributed by atoms with Crippen LogP contribution >= 0.6 is 0 Å². The summed E-state index contributed by atoms with van der Waals surface area (Å²) in [6.07, 6.45) is 9.76.